The maximum Gasteiger partial charge on any atom is 1.00 e. The molecule has 0 spiro atoms. The summed E-state index contributed by atoms with van der Waals surface area (Å²) in [6.07, 6.45) is 13.0. The van der Waals surface area contributed by atoms with E-state index in [9.17, 15) is 24.6 Å². The molecule has 0 aliphatic rings. The third kappa shape index (κ3) is 40.1. The van der Waals surface area contributed by atoms with E-state index in [1.54, 1.807) is 89.3 Å². The van der Waals surface area contributed by atoms with E-state index < -0.39 is 23.4 Å². The summed E-state index contributed by atoms with van der Waals surface area (Å²) in [5.74, 6) is 4.66. The molecule has 36 heteroatoms. The first-order valence-corrected chi connectivity index (χ1v) is 46.3. The number of anilines is 7. The van der Waals surface area contributed by atoms with Gasteiger partial charge < -0.3 is 66.6 Å². The second-order valence-corrected chi connectivity index (χ2v) is 37.0. The number of ether oxygens (including phenoxy) is 5. The van der Waals surface area contributed by atoms with Crippen molar-refractivity contribution in [3.05, 3.63) is 386 Å². The van der Waals surface area contributed by atoms with Crippen LogP contribution in [0.2, 0.25) is 0 Å². The molecular weight excluding hydrogens is 2080 g/mol. The van der Waals surface area contributed by atoms with Gasteiger partial charge in [-0.05, 0) is 211 Å². The quantitative estimate of drug-likeness (QED) is 0.00777. The molecule has 0 saturated heterocycles. The number of alkyl halides is 1. The van der Waals surface area contributed by atoms with Crippen LogP contribution in [-0.2, 0) is 55.7 Å². The van der Waals surface area contributed by atoms with Crippen LogP contribution in [0.3, 0.4) is 0 Å². The van der Waals surface area contributed by atoms with Gasteiger partial charge in [-0.15, -0.1) is 73.6 Å². The van der Waals surface area contributed by atoms with Crippen molar-refractivity contribution >= 4 is 244 Å². The number of benzene rings is 12. The first-order chi connectivity index (χ1) is 68.4. The molecule has 0 aliphatic heterocycles. The number of carbonyl (C=O) groups excluding carboxylic acids is 4. The molecule has 0 saturated carbocycles. The summed E-state index contributed by atoms with van der Waals surface area (Å²) in [6, 6.07) is 91.3. The number of aryl methyl sites for hydroxylation is 2. The number of nitrogens with one attached hydrogen (secondary N) is 4. The molecule has 1 radical (unpaired) electrons. The predicted octanol–water partition coefficient (Wildman–Crippen LogP) is 23.9. The number of hydrogen-bond donors (Lipinski definition) is 9. The van der Waals surface area contributed by atoms with Gasteiger partial charge in [-0.2, -0.15) is 10.2 Å². The SMILES string of the molecule is CC(C)(C)OC(=O)Nc1ccc(O)c2ccccc12.CC(C)(C)OC(=O)Nc1ccc(OCc2ccncc2)c2ccccc12.Cc1ccc(-n2nc(C(C)(C)C)cc2N)cc1.Cc1ccc(-n2nc(C(C)(C)C)cc2NC(=O)Nc2ccc(OCc3ccncc3)c3ccccc23)cc1.Cl.Cl.Cl.Cl.Cl.ClCc1ccncc1.Nc1ccc(O)c2ccccc12.Nc1ccc(OCc2ccncc2)c2ccccc12.O=CO[O-].[K+].[K]. The molecule has 777 valence electrons. The fourth-order valence-corrected chi connectivity index (χ4v) is 14.2. The molecule has 150 heavy (non-hydrogen) atoms. The summed E-state index contributed by atoms with van der Waals surface area (Å²) in [7, 11) is 0. The zero-order valence-corrected chi connectivity index (χ0v) is 97.4. The van der Waals surface area contributed by atoms with Gasteiger partial charge in [0.15, 0.2) is 0 Å². The van der Waals surface area contributed by atoms with Gasteiger partial charge in [0.25, 0.3) is 6.47 Å². The van der Waals surface area contributed by atoms with Gasteiger partial charge in [0.05, 0.1) is 39.8 Å². The van der Waals surface area contributed by atoms with Gasteiger partial charge in [-0.1, -0.05) is 198 Å². The average Bonchev–Trinajstić information content (AvgIpc) is 1.86. The number of aromatic hydroxyl groups is 2. The van der Waals surface area contributed by atoms with E-state index in [1.165, 1.54) is 5.56 Å². The minimum atomic E-state index is -0.548. The third-order valence-corrected chi connectivity index (χ3v) is 21.5. The molecule has 6 aromatic heterocycles. The van der Waals surface area contributed by atoms with Gasteiger partial charge in [0, 0.05) is 195 Å². The van der Waals surface area contributed by atoms with Crippen molar-refractivity contribution in [1.82, 2.24) is 39.5 Å². The van der Waals surface area contributed by atoms with Gasteiger partial charge in [0.1, 0.15) is 71.4 Å². The minimum absolute atomic E-state index is 0. The van der Waals surface area contributed by atoms with E-state index in [2.05, 4.69) is 112 Å². The molecule has 12 N–H and O–H groups in total. The number of amides is 4. The molecular formula is C114H124Cl6K2N15O13. The molecule has 0 unspecified atom stereocenters. The number of nitrogen functional groups attached to an aromatic ring is 3. The molecule has 0 atom stereocenters. The number of carbonyl (C=O) groups is 4. The molecule has 0 aliphatic carbocycles. The first kappa shape index (κ1) is 130. The molecule has 4 amide bonds. The number of urea groups is 1. The Morgan fingerprint density at radius 3 is 1.01 bits per heavy atom. The van der Waals surface area contributed by atoms with Crippen molar-refractivity contribution in [1.29, 1.82) is 0 Å². The van der Waals surface area contributed by atoms with E-state index in [0.29, 0.717) is 65.5 Å². The van der Waals surface area contributed by atoms with Crippen LogP contribution in [0.15, 0.2) is 341 Å². The summed E-state index contributed by atoms with van der Waals surface area (Å²) in [4.78, 5) is 64.2. The molecule has 18 aromatic rings. The van der Waals surface area contributed by atoms with Gasteiger partial charge in [-0.25, -0.2) is 23.7 Å². The normalized spacial score (nSPS) is 10.4. The largest absolute Gasteiger partial charge is 1.00 e. The molecule has 12 aromatic carbocycles. The monoisotopic (exact) mass is 2200 g/mol. The molecule has 0 fully saturated rings. The topological polar surface area (TPSA) is 401 Å². The Hall–Kier alpha value is -12.4. The van der Waals surface area contributed by atoms with Crippen molar-refractivity contribution in [2.75, 3.05) is 38.5 Å². The third-order valence-electron chi connectivity index (χ3n) is 21.2. The Morgan fingerprint density at radius 2 is 0.660 bits per heavy atom. The van der Waals surface area contributed by atoms with Crippen LogP contribution in [-0.4, -0.2) is 137 Å². The second-order valence-electron chi connectivity index (χ2n) is 36.7. The first-order valence-electron chi connectivity index (χ1n) is 45.8. The Kier molecular flexibility index (Phi) is 54.6. The number of phenols is 2. The van der Waals surface area contributed by atoms with Crippen LogP contribution < -0.4 is 109 Å². The summed E-state index contributed by atoms with van der Waals surface area (Å²) in [5, 5.41) is 57.4. The fourth-order valence-electron chi connectivity index (χ4n) is 14.0. The predicted molar refractivity (Wildman–Crippen MR) is 611 cm³/mol. The smallest absolute Gasteiger partial charge is 0.662 e. The summed E-state index contributed by atoms with van der Waals surface area (Å²) in [6.45, 7) is 29.0. The maximum absolute atomic E-state index is 13.2. The van der Waals surface area contributed by atoms with Gasteiger partial charge in [-0.3, -0.25) is 40.7 Å². The summed E-state index contributed by atoms with van der Waals surface area (Å²) in [5.41, 5.74) is 30.3. The molecule has 28 nitrogen and oxygen atoms in total. The number of nitrogens with zero attached hydrogens (tertiary/aromatic N) is 8. The summed E-state index contributed by atoms with van der Waals surface area (Å²) >= 11 is 5.50. The van der Waals surface area contributed by atoms with Crippen LogP contribution in [0.4, 0.5) is 54.5 Å². The zero-order chi connectivity index (χ0) is 103. The Bertz CT molecular complexity index is 7220. The van der Waals surface area contributed by atoms with Crippen LogP contribution in [0.1, 0.15) is 128 Å². The standard InChI is InChI=1S/C31H31N5O2.C21H22N2O3.C16H14N2O.C15H17NO3.C14H19N3.C10H9NO.C6H6ClN.CH2O3.5ClH.2K/c1-21-9-11-23(12-10-21)36-29(19-28(35-36)31(2,3)4)34-30(37)33-26-13-14-27(25-8-6-5-7-24(25)26)38-20-22-15-17-32-18-16-22;1-21(2,3)26-20(24)23-18-8-9-19(17-7-5-4-6-16(17)18)25-14-15-10-12-22-13-11-15;17-15-5-6-16(14-4-2-1-3-13(14)15)19-11-12-7-9-18-10-8-12;1-15(2,3)19-14(18)16-12-8-9-13(17)11-7-5-4-6-10(11)12;1-10-5-7-11(8-6-10)17-13(15)9-12(16-17)14(2,3)4;11-9-5-6-10(12)8-4-2-1-3-7(8)9;7-5-6-1-3-8-4-2-6;2-1-4-3;;;;;;;/h5-19H,20H2,1-4H3,(H2,33,34,37);4-13H,14H2,1-3H3,(H,23,24);1-10H,11,17H2;4-9,17H,1-3H3,(H,16,18);5-9H,15H2,1-4H3;1-6,12H,11H2;1-4H,5H2;1,3H;5*1H;;/q;;;;;;;;;;;;;;+1/p-1. The van der Waals surface area contributed by atoms with Crippen LogP contribution >= 0.6 is 73.6 Å². The number of phenolic OH excluding ortho intramolecular Hbond substituents is 2. The van der Waals surface area contributed by atoms with Crippen molar-refractivity contribution in [3.8, 4) is 40.1 Å². The number of fused-ring (bicyclic) bond motifs is 5. The molecule has 0 bridgehead atoms. The maximum atomic E-state index is 13.2. The van der Waals surface area contributed by atoms with Crippen LogP contribution in [0.5, 0.6) is 28.7 Å². The molecule has 18 rings (SSSR count). The van der Waals surface area contributed by atoms with Crippen molar-refractivity contribution in [3.63, 3.8) is 0 Å². The number of halogens is 6. The zero-order valence-electron chi connectivity index (χ0n) is 86.4. The van der Waals surface area contributed by atoms with Gasteiger partial charge >= 0.3 is 69.6 Å². The van der Waals surface area contributed by atoms with Crippen LogP contribution in [0.25, 0.3) is 65.2 Å². The van der Waals surface area contributed by atoms with E-state index in [-0.39, 0.29) is 200 Å². The minimum Gasteiger partial charge on any atom is -0.662 e. The van der Waals surface area contributed by atoms with Gasteiger partial charge in [0.2, 0.25) is 0 Å². The van der Waals surface area contributed by atoms with E-state index in [4.69, 9.17) is 67.6 Å². The Balaban J connectivity index is 0.000000373. The van der Waals surface area contributed by atoms with E-state index in [1.807, 2.05) is 297 Å². The Labute approximate surface area is 995 Å². The van der Waals surface area contributed by atoms with Crippen molar-refractivity contribution in [2.24, 2.45) is 0 Å². The van der Waals surface area contributed by atoms with Crippen molar-refractivity contribution < 1.29 is 115 Å². The number of rotatable bonds is 17. The molecule has 6 heterocycles. The number of aromatic nitrogens is 8. The average molecular weight is 2200 g/mol. The summed E-state index contributed by atoms with van der Waals surface area (Å²) < 4.78 is 32.1. The van der Waals surface area contributed by atoms with Crippen molar-refractivity contribution in [2.45, 2.75) is 145 Å². The fraction of sp³-hybridized carbons (Fsp3) is 0.193. The van der Waals surface area contributed by atoms with Crippen LogP contribution in [0, 0.1) is 13.8 Å². The van der Waals surface area contributed by atoms with E-state index in [0.717, 1.165) is 122 Å². The number of nitrogens with two attached hydrogens (primary N) is 3. The Morgan fingerprint density at radius 1 is 0.373 bits per heavy atom. The number of hydrogen-bond acceptors (Lipinski definition) is 22. The number of pyridine rings is 4. The second kappa shape index (κ2) is 63.1. The van der Waals surface area contributed by atoms with E-state index >= 15 is 0 Å².